The molecule has 1 aliphatic heterocycles. The van der Waals surface area contributed by atoms with Gasteiger partial charge in [-0.1, -0.05) is 0 Å². The molecule has 1 atom stereocenters. The Bertz CT molecular complexity index is 387. The van der Waals surface area contributed by atoms with Crippen LogP contribution in [-0.2, 0) is 0 Å². The molecule has 1 N–H and O–H groups in total. The van der Waals surface area contributed by atoms with E-state index in [4.69, 9.17) is 4.74 Å². The van der Waals surface area contributed by atoms with Gasteiger partial charge in [0, 0.05) is 18.8 Å². The second kappa shape index (κ2) is 6.05. The summed E-state index contributed by atoms with van der Waals surface area (Å²) in [5, 5.41) is 3.45. The molecule has 4 nitrogen and oxygen atoms in total. The van der Waals surface area contributed by atoms with Crippen LogP contribution in [0.15, 0.2) is 12.3 Å². The molecule has 1 aromatic heterocycles. The standard InChI is InChI=1S/C14H23N3O/c1-11-9-13(14(18-3)10-16-11)17(2)12-5-4-7-15-8-6-12/h9-10,12,15H,4-8H2,1-3H3. The summed E-state index contributed by atoms with van der Waals surface area (Å²) in [5.74, 6) is 0.861. The minimum atomic E-state index is 0.579. The second-order valence-electron chi connectivity index (χ2n) is 4.94. The molecule has 0 bridgehead atoms. The molecule has 1 aromatic rings. The van der Waals surface area contributed by atoms with Crippen LogP contribution >= 0.6 is 0 Å². The number of aryl methyl sites for hydroxylation is 1. The van der Waals surface area contributed by atoms with Gasteiger partial charge < -0.3 is 15.0 Å². The van der Waals surface area contributed by atoms with E-state index in [0.29, 0.717) is 6.04 Å². The lowest BCUT2D eigenvalue weighted by Crippen LogP contribution is -2.32. The Balaban J connectivity index is 2.20. The smallest absolute Gasteiger partial charge is 0.160 e. The van der Waals surface area contributed by atoms with Crippen LogP contribution in [0.3, 0.4) is 0 Å². The average Bonchev–Trinajstić information content (AvgIpc) is 2.66. The summed E-state index contributed by atoms with van der Waals surface area (Å²) < 4.78 is 5.42. The minimum absolute atomic E-state index is 0.579. The first-order valence-corrected chi connectivity index (χ1v) is 6.66. The van der Waals surface area contributed by atoms with Crippen molar-refractivity contribution in [3.63, 3.8) is 0 Å². The number of anilines is 1. The third-order valence-electron chi connectivity index (χ3n) is 3.68. The summed E-state index contributed by atoms with van der Waals surface area (Å²) in [7, 11) is 3.87. The van der Waals surface area contributed by atoms with Gasteiger partial charge in [-0.3, -0.25) is 4.98 Å². The Kier molecular flexibility index (Phi) is 4.42. The van der Waals surface area contributed by atoms with Crippen molar-refractivity contribution in [2.24, 2.45) is 0 Å². The van der Waals surface area contributed by atoms with E-state index < -0.39 is 0 Å². The summed E-state index contributed by atoms with van der Waals surface area (Å²) in [5.41, 5.74) is 2.18. The van der Waals surface area contributed by atoms with Gasteiger partial charge in [-0.05, 0) is 45.3 Å². The number of methoxy groups -OCH3 is 1. The van der Waals surface area contributed by atoms with E-state index in [0.717, 1.165) is 30.2 Å². The fourth-order valence-electron chi connectivity index (χ4n) is 2.55. The largest absolute Gasteiger partial charge is 0.493 e. The maximum Gasteiger partial charge on any atom is 0.160 e. The third-order valence-corrected chi connectivity index (χ3v) is 3.68. The van der Waals surface area contributed by atoms with E-state index in [9.17, 15) is 0 Å². The zero-order chi connectivity index (χ0) is 13.0. The Morgan fingerprint density at radius 1 is 1.39 bits per heavy atom. The van der Waals surface area contributed by atoms with Gasteiger partial charge in [-0.15, -0.1) is 0 Å². The van der Waals surface area contributed by atoms with Crippen molar-refractivity contribution in [1.82, 2.24) is 10.3 Å². The molecule has 100 valence electrons. The summed E-state index contributed by atoms with van der Waals surface area (Å²) >= 11 is 0. The first-order valence-electron chi connectivity index (χ1n) is 6.66. The molecule has 1 fully saturated rings. The van der Waals surface area contributed by atoms with E-state index in [1.54, 1.807) is 7.11 Å². The molecule has 2 heterocycles. The van der Waals surface area contributed by atoms with Gasteiger partial charge in [0.15, 0.2) is 5.75 Å². The first kappa shape index (κ1) is 13.1. The summed E-state index contributed by atoms with van der Waals surface area (Å²) in [6.07, 6.45) is 5.46. The lowest BCUT2D eigenvalue weighted by Gasteiger charge is -2.30. The van der Waals surface area contributed by atoms with Gasteiger partial charge in [-0.25, -0.2) is 0 Å². The number of nitrogens with zero attached hydrogens (tertiary/aromatic N) is 2. The number of ether oxygens (including phenoxy) is 1. The highest BCUT2D eigenvalue weighted by atomic mass is 16.5. The molecule has 2 rings (SSSR count). The van der Waals surface area contributed by atoms with Crippen molar-refractivity contribution in [3.05, 3.63) is 18.0 Å². The number of rotatable bonds is 3. The predicted molar refractivity (Wildman–Crippen MR) is 74.4 cm³/mol. The number of pyridine rings is 1. The number of nitrogens with one attached hydrogen (secondary N) is 1. The Morgan fingerprint density at radius 3 is 3.00 bits per heavy atom. The molecule has 1 aliphatic rings. The van der Waals surface area contributed by atoms with Crippen LogP contribution in [0.25, 0.3) is 0 Å². The first-order chi connectivity index (χ1) is 8.72. The van der Waals surface area contributed by atoms with E-state index in [1.165, 1.54) is 19.3 Å². The van der Waals surface area contributed by atoms with Crippen molar-refractivity contribution >= 4 is 5.69 Å². The molecular weight excluding hydrogens is 226 g/mol. The van der Waals surface area contributed by atoms with Crippen LogP contribution in [0, 0.1) is 6.92 Å². The van der Waals surface area contributed by atoms with Gasteiger partial charge in [-0.2, -0.15) is 0 Å². The molecule has 0 amide bonds. The van der Waals surface area contributed by atoms with E-state index in [-0.39, 0.29) is 0 Å². The Labute approximate surface area is 109 Å². The molecule has 4 heteroatoms. The highest BCUT2D eigenvalue weighted by Crippen LogP contribution is 2.30. The molecular formula is C14H23N3O. The molecule has 0 saturated carbocycles. The van der Waals surface area contributed by atoms with Crippen LogP contribution in [0.4, 0.5) is 5.69 Å². The third kappa shape index (κ3) is 2.93. The van der Waals surface area contributed by atoms with Crippen molar-refractivity contribution in [1.29, 1.82) is 0 Å². The molecule has 18 heavy (non-hydrogen) atoms. The van der Waals surface area contributed by atoms with Gasteiger partial charge >= 0.3 is 0 Å². The SMILES string of the molecule is COc1cnc(C)cc1N(C)C1CCCNCC1. The summed E-state index contributed by atoms with van der Waals surface area (Å²) in [6.45, 7) is 4.25. The highest BCUT2D eigenvalue weighted by Gasteiger charge is 2.19. The van der Waals surface area contributed by atoms with Crippen LogP contribution in [0.5, 0.6) is 5.75 Å². The van der Waals surface area contributed by atoms with E-state index >= 15 is 0 Å². The van der Waals surface area contributed by atoms with Gasteiger partial charge in [0.25, 0.3) is 0 Å². The predicted octanol–water partition coefficient (Wildman–Crippen LogP) is 1.98. The van der Waals surface area contributed by atoms with Crippen LogP contribution in [0.1, 0.15) is 25.0 Å². The molecule has 0 aromatic carbocycles. The maximum atomic E-state index is 5.42. The maximum absolute atomic E-state index is 5.42. The second-order valence-corrected chi connectivity index (χ2v) is 4.94. The highest BCUT2D eigenvalue weighted by molar-refractivity contribution is 5.58. The topological polar surface area (TPSA) is 37.4 Å². The fourth-order valence-corrected chi connectivity index (χ4v) is 2.55. The Morgan fingerprint density at radius 2 is 2.22 bits per heavy atom. The molecule has 1 unspecified atom stereocenters. The monoisotopic (exact) mass is 249 g/mol. The van der Waals surface area contributed by atoms with Gasteiger partial charge in [0.1, 0.15) is 0 Å². The van der Waals surface area contributed by atoms with Crippen LogP contribution < -0.4 is 15.0 Å². The average molecular weight is 249 g/mol. The Hall–Kier alpha value is -1.29. The number of hydrogen-bond acceptors (Lipinski definition) is 4. The van der Waals surface area contributed by atoms with E-state index in [1.807, 2.05) is 13.1 Å². The molecule has 0 radical (unpaired) electrons. The van der Waals surface area contributed by atoms with Crippen molar-refractivity contribution in [3.8, 4) is 5.75 Å². The molecule has 0 spiro atoms. The molecule has 0 aliphatic carbocycles. The van der Waals surface area contributed by atoms with Gasteiger partial charge in [0.05, 0.1) is 19.0 Å². The van der Waals surface area contributed by atoms with Crippen LogP contribution in [-0.4, -0.2) is 38.3 Å². The molecule has 1 saturated heterocycles. The lowest BCUT2D eigenvalue weighted by molar-refractivity contribution is 0.410. The quantitative estimate of drug-likeness (QED) is 0.889. The summed E-state index contributed by atoms with van der Waals surface area (Å²) in [6, 6.07) is 2.69. The summed E-state index contributed by atoms with van der Waals surface area (Å²) in [4.78, 5) is 6.64. The minimum Gasteiger partial charge on any atom is -0.493 e. The van der Waals surface area contributed by atoms with Gasteiger partial charge in [0.2, 0.25) is 0 Å². The van der Waals surface area contributed by atoms with E-state index in [2.05, 4.69) is 28.3 Å². The van der Waals surface area contributed by atoms with Crippen LogP contribution in [0.2, 0.25) is 0 Å². The lowest BCUT2D eigenvalue weighted by atomic mass is 10.1. The normalized spacial score (nSPS) is 20.3. The van der Waals surface area contributed by atoms with Crippen molar-refractivity contribution in [2.75, 3.05) is 32.1 Å². The number of hydrogen-bond donors (Lipinski definition) is 1. The van der Waals surface area contributed by atoms with Crippen molar-refractivity contribution < 1.29 is 4.74 Å². The zero-order valence-electron chi connectivity index (χ0n) is 11.6. The fraction of sp³-hybridized carbons (Fsp3) is 0.643. The van der Waals surface area contributed by atoms with Crippen molar-refractivity contribution in [2.45, 2.75) is 32.2 Å². The zero-order valence-corrected chi connectivity index (χ0v) is 11.6. The number of aromatic nitrogens is 1.